The average Bonchev–Trinajstić information content (AvgIpc) is 2.74. The fourth-order valence-corrected chi connectivity index (χ4v) is 1.06. The Morgan fingerprint density at radius 2 is 2.20 bits per heavy atom. The molecular weight excluding hydrogens is 199 g/mol. The van der Waals surface area contributed by atoms with E-state index in [9.17, 15) is 9.18 Å². The highest BCUT2D eigenvalue weighted by Gasteiger charge is 2.10. The summed E-state index contributed by atoms with van der Waals surface area (Å²) in [5.41, 5.74) is 0.110. The van der Waals surface area contributed by atoms with Crippen LogP contribution in [0.15, 0.2) is 30.6 Å². The monoisotopic (exact) mass is 206 g/mol. The van der Waals surface area contributed by atoms with Gasteiger partial charge in [0.05, 0.1) is 5.69 Å². The Kier molecular flexibility index (Phi) is 2.40. The molecule has 0 aliphatic carbocycles. The molecule has 5 nitrogen and oxygen atoms in total. The lowest BCUT2D eigenvalue weighted by Gasteiger charge is -2.02. The standard InChI is InChI=1S/C9H7FN4O/c10-6-3-1-2-4-7(6)13-9(15)8-11-5-12-14-8/h1-5H,(H,13,15)(H,11,12,14). The second-order valence-electron chi connectivity index (χ2n) is 2.77. The number of amides is 1. The fraction of sp³-hybridized carbons (Fsp3) is 0. The molecule has 2 rings (SSSR count). The zero-order valence-corrected chi connectivity index (χ0v) is 7.57. The smallest absolute Gasteiger partial charge is 0.293 e. The van der Waals surface area contributed by atoms with Crippen LogP contribution in [-0.2, 0) is 0 Å². The van der Waals surface area contributed by atoms with E-state index in [-0.39, 0.29) is 11.5 Å². The van der Waals surface area contributed by atoms with Crippen molar-refractivity contribution in [1.82, 2.24) is 15.2 Å². The van der Waals surface area contributed by atoms with Crippen LogP contribution in [0.5, 0.6) is 0 Å². The highest BCUT2D eigenvalue weighted by molar-refractivity contribution is 6.01. The van der Waals surface area contributed by atoms with E-state index in [1.807, 2.05) is 0 Å². The molecule has 2 aromatic rings. The molecule has 0 spiro atoms. The van der Waals surface area contributed by atoms with Gasteiger partial charge in [0.15, 0.2) is 0 Å². The van der Waals surface area contributed by atoms with Crippen LogP contribution < -0.4 is 5.32 Å². The number of nitrogens with one attached hydrogen (secondary N) is 2. The normalized spacial score (nSPS) is 9.93. The summed E-state index contributed by atoms with van der Waals surface area (Å²) in [5, 5.41) is 8.26. The molecule has 0 fully saturated rings. The minimum Gasteiger partial charge on any atom is -0.317 e. The van der Waals surface area contributed by atoms with Crippen molar-refractivity contribution in [3.63, 3.8) is 0 Å². The average molecular weight is 206 g/mol. The van der Waals surface area contributed by atoms with Gasteiger partial charge in [0.1, 0.15) is 12.1 Å². The third-order valence-electron chi connectivity index (χ3n) is 1.75. The molecule has 0 unspecified atom stereocenters. The number of anilines is 1. The molecule has 2 N–H and O–H groups in total. The van der Waals surface area contributed by atoms with Crippen molar-refractivity contribution in [3.05, 3.63) is 42.2 Å². The number of nitrogens with zero attached hydrogens (tertiary/aromatic N) is 2. The molecule has 1 amide bonds. The second kappa shape index (κ2) is 3.87. The van der Waals surface area contributed by atoms with E-state index < -0.39 is 11.7 Å². The third kappa shape index (κ3) is 1.98. The maximum atomic E-state index is 13.1. The molecule has 0 aliphatic rings. The van der Waals surface area contributed by atoms with Gasteiger partial charge in [0.2, 0.25) is 5.82 Å². The molecule has 6 heteroatoms. The lowest BCUT2D eigenvalue weighted by atomic mass is 10.3. The fourth-order valence-electron chi connectivity index (χ4n) is 1.06. The number of aromatic amines is 1. The maximum absolute atomic E-state index is 13.1. The van der Waals surface area contributed by atoms with Crippen LogP contribution in [0.2, 0.25) is 0 Å². The third-order valence-corrected chi connectivity index (χ3v) is 1.75. The number of rotatable bonds is 2. The summed E-state index contributed by atoms with van der Waals surface area (Å²) < 4.78 is 13.1. The molecule has 15 heavy (non-hydrogen) atoms. The molecule has 1 heterocycles. The Morgan fingerprint density at radius 1 is 1.40 bits per heavy atom. The number of H-pyrrole nitrogens is 1. The summed E-state index contributed by atoms with van der Waals surface area (Å²) >= 11 is 0. The predicted molar refractivity (Wildman–Crippen MR) is 50.7 cm³/mol. The molecule has 76 valence electrons. The maximum Gasteiger partial charge on any atom is 0.293 e. The number of aromatic nitrogens is 3. The number of hydrogen-bond acceptors (Lipinski definition) is 3. The summed E-state index contributed by atoms with van der Waals surface area (Å²) in [5.74, 6) is -0.985. The zero-order valence-electron chi connectivity index (χ0n) is 7.57. The van der Waals surface area contributed by atoms with E-state index in [2.05, 4.69) is 20.5 Å². The first-order valence-electron chi connectivity index (χ1n) is 4.18. The Labute approximate surface area is 84.3 Å². The van der Waals surface area contributed by atoms with Crippen molar-refractivity contribution in [2.75, 3.05) is 5.32 Å². The Balaban J connectivity index is 2.17. The lowest BCUT2D eigenvalue weighted by molar-refractivity contribution is 0.101. The first kappa shape index (κ1) is 9.32. The molecule has 0 atom stereocenters. The van der Waals surface area contributed by atoms with Crippen molar-refractivity contribution < 1.29 is 9.18 Å². The molecule has 0 saturated heterocycles. The molecule has 0 aliphatic heterocycles. The van der Waals surface area contributed by atoms with Gasteiger partial charge in [-0.25, -0.2) is 9.37 Å². The summed E-state index contributed by atoms with van der Waals surface area (Å²) in [4.78, 5) is 15.1. The van der Waals surface area contributed by atoms with E-state index in [1.54, 1.807) is 12.1 Å². The number of para-hydroxylation sites is 1. The van der Waals surface area contributed by atoms with Crippen LogP contribution in [0, 0.1) is 5.82 Å². The van der Waals surface area contributed by atoms with Crippen LogP contribution in [0.25, 0.3) is 0 Å². The van der Waals surface area contributed by atoms with Gasteiger partial charge < -0.3 is 5.32 Å². The lowest BCUT2D eigenvalue weighted by Crippen LogP contribution is -2.14. The van der Waals surface area contributed by atoms with Gasteiger partial charge >= 0.3 is 0 Å². The molecule has 0 saturated carbocycles. The summed E-state index contributed by atoms with van der Waals surface area (Å²) in [6.07, 6.45) is 1.20. The van der Waals surface area contributed by atoms with E-state index in [4.69, 9.17) is 0 Å². The highest BCUT2D eigenvalue weighted by atomic mass is 19.1. The van der Waals surface area contributed by atoms with Crippen molar-refractivity contribution in [2.24, 2.45) is 0 Å². The summed E-state index contributed by atoms with van der Waals surface area (Å²) in [6, 6.07) is 5.89. The van der Waals surface area contributed by atoms with Crippen LogP contribution in [0.1, 0.15) is 10.6 Å². The first-order chi connectivity index (χ1) is 7.27. The SMILES string of the molecule is O=C(Nc1ccccc1F)c1ncn[nH]1. The van der Waals surface area contributed by atoms with Crippen LogP contribution in [-0.4, -0.2) is 21.1 Å². The molecule has 0 radical (unpaired) electrons. The Bertz CT molecular complexity index is 469. The molecule has 1 aromatic carbocycles. The number of carbonyl (C=O) groups excluding carboxylic acids is 1. The number of halogens is 1. The van der Waals surface area contributed by atoms with Crippen molar-refractivity contribution >= 4 is 11.6 Å². The van der Waals surface area contributed by atoms with E-state index >= 15 is 0 Å². The number of hydrogen-bond donors (Lipinski definition) is 2. The van der Waals surface area contributed by atoms with E-state index in [0.29, 0.717) is 0 Å². The number of carbonyl (C=O) groups is 1. The zero-order chi connectivity index (χ0) is 10.7. The summed E-state index contributed by atoms with van der Waals surface area (Å²) in [6.45, 7) is 0. The van der Waals surface area contributed by atoms with Gasteiger partial charge in [-0.15, -0.1) is 0 Å². The minimum absolute atomic E-state index is 0.0400. The van der Waals surface area contributed by atoms with E-state index in [0.717, 1.165) is 0 Å². The second-order valence-corrected chi connectivity index (χ2v) is 2.77. The molecular formula is C9H7FN4O. The Morgan fingerprint density at radius 3 is 2.87 bits per heavy atom. The summed E-state index contributed by atoms with van der Waals surface area (Å²) in [7, 11) is 0. The van der Waals surface area contributed by atoms with E-state index in [1.165, 1.54) is 18.5 Å². The van der Waals surface area contributed by atoms with Gasteiger partial charge in [0, 0.05) is 0 Å². The Hall–Kier alpha value is -2.24. The van der Waals surface area contributed by atoms with Crippen LogP contribution >= 0.6 is 0 Å². The van der Waals surface area contributed by atoms with Gasteiger partial charge in [-0.2, -0.15) is 5.10 Å². The largest absolute Gasteiger partial charge is 0.317 e. The predicted octanol–water partition coefficient (Wildman–Crippen LogP) is 1.20. The quantitative estimate of drug-likeness (QED) is 0.775. The molecule has 1 aromatic heterocycles. The molecule has 0 bridgehead atoms. The van der Waals surface area contributed by atoms with Crippen molar-refractivity contribution in [2.45, 2.75) is 0 Å². The van der Waals surface area contributed by atoms with Gasteiger partial charge in [0.25, 0.3) is 5.91 Å². The van der Waals surface area contributed by atoms with Gasteiger partial charge in [-0.3, -0.25) is 9.89 Å². The highest BCUT2D eigenvalue weighted by Crippen LogP contribution is 2.12. The first-order valence-corrected chi connectivity index (χ1v) is 4.18. The van der Waals surface area contributed by atoms with Crippen LogP contribution in [0.4, 0.5) is 10.1 Å². The van der Waals surface area contributed by atoms with Gasteiger partial charge in [-0.1, -0.05) is 12.1 Å². The number of benzene rings is 1. The van der Waals surface area contributed by atoms with Crippen molar-refractivity contribution in [3.8, 4) is 0 Å². The van der Waals surface area contributed by atoms with Gasteiger partial charge in [-0.05, 0) is 12.1 Å². The van der Waals surface area contributed by atoms with Crippen molar-refractivity contribution in [1.29, 1.82) is 0 Å². The minimum atomic E-state index is -0.530. The topological polar surface area (TPSA) is 70.7 Å². The van der Waals surface area contributed by atoms with Crippen LogP contribution in [0.3, 0.4) is 0 Å².